The smallest absolute Gasteiger partial charge is 0.384 e. The summed E-state index contributed by atoms with van der Waals surface area (Å²) in [6.45, 7) is -1.71. The molecule has 0 spiro atoms. The van der Waals surface area contributed by atoms with Gasteiger partial charge in [0.15, 0.2) is 0 Å². The molecule has 18 heavy (non-hydrogen) atoms. The second-order valence-electron chi connectivity index (χ2n) is 3.19. The largest absolute Gasteiger partial charge is 0.405 e. The zero-order valence-electron chi connectivity index (χ0n) is 9.08. The number of hydrogen-bond donors (Lipinski definition) is 2. The standard InChI is InChI=1S/C11H9F3N2O2/c12-11(13,14)7-16-10(18)9-4-3-8(6-15-9)2-1-5-17/h3-4,6,17H,5,7H2,(H,16,18). The van der Waals surface area contributed by atoms with Gasteiger partial charge < -0.3 is 10.4 Å². The Kier molecular flexibility index (Phi) is 4.68. The molecule has 0 radical (unpaired) electrons. The summed E-state index contributed by atoms with van der Waals surface area (Å²) in [7, 11) is 0. The molecule has 0 aliphatic carbocycles. The van der Waals surface area contributed by atoms with Crippen molar-refractivity contribution in [3.63, 3.8) is 0 Å². The summed E-state index contributed by atoms with van der Waals surface area (Å²) < 4.78 is 35.6. The number of aliphatic hydroxyl groups is 1. The van der Waals surface area contributed by atoms with Crippen LogP contribution in [0, 0.1) is 11.8 Å². The fraction of sp³-hybridized carbons (Fsp3) is 0.273. The molecule has 1 heterocycles. The number of carbonyl (C=O) groups is 1. The zero-order valence-corrected chi connectivity index (χ0v) is 9.08. The molecule has 0 saturated carbocycles. The maximum atomic E-state index is 11.9. The van der Waals surface area contributed by atoms with Crippen molar-refractivity contribution in [1.82, 2.24) is 10.3 Å². The number of aliphatic hydroxyl groups excluding tert-OH is 1. The summed E-state index contributed by atoms with van der Waals surface area (Å²) in [5.74, 6) is 4.01. The second kappa shape index (κ2) is 6.02. The third-order valence-electron chi connectivity index (χ3n) is 1.76. The van der Waals surface area contributed by atoms with Crippen molar-refractivity contribution >= 4 is 5.91 Å². The Hall–Kier alpha value is -2.07. The molecule has 0 atom stereocenters. The van der Waals surface area contributed by atoms with Crippen LogP contribution in [0.4, 0.5) is 13.2 Å². The van der Waals surface area contributed by atoms with Crippen molar-refractivity contribution in [2.24, 2.45) is 0 Å². The molecule has 0 fully saturated rings. The lowest BCUT2D eigenvalue weighted by Gasteiger charge is -2.07. The van der Waals surface area contributed by atoms with Gasteiger partial charge in [-0.2, -0.15) is 13.2 Å². The van der Waals surface area contributed by atoms with Crippen LogP contribution in [0.3, 0.4) is 0 Å². The Morgan fingerprint density at radius 3 is 2.67 bits per heavy atom. The molecule has 4 nitrogen and oxygen atoms in total. The number of amides is 1. The molecule has 1 amide bonds. The van der Waals surface area contributed by atoms with Crippen LogP contribution in [0.5, 0.6) is 0 Å². The van der Waals surface area contributed by atoms with Crippen LogP contribution in [0.1, 0.15) is 16.1 Å². The molecule has 96 valence electrons. The van der Waals surface area contributed by atoms with E-state index in [9.17, 15) is 18.0 Å². The van der Waals surface area contributed by atoms with Crippen LogP contribution in [-0.4, -0.2) is 35.3 Å². The molecule has 0 aliphatic heterocycles. The maximum absolute atomic E-state index is 11.9. The van der Waals surface area contributed by atoms with Gasteiger partial charge in [0.1, 0.15) is 18.8 Å². The van der Waals surface area contributed by atoms with Gasteiger partial charge in [-0.1, -0.05) is 11.8 Å². The molecule has 2 N–H and O–H groups in total. The molecular formula is C11H9F3N2O2. The van der Waals surface area contributed by atoms with E-state index in [-0.39, 0.29) is 12.3 Å². The van der Waals surface area contributed by atoms with E-state index in [2.05, 4.69) is 16.8 Å². The highest BCUT2D eigenvalue weighted by molar-refractivity contribution is 5.92. The molecule has 7 heteroatoms. The third kappa shape index (κ3) is 4.84. The monoisotopic (exact) mass is 258 g/mol. The minimum absolute atomic E-state index is 0.131. The number of pyridine rings is 1. The van der Waals surface area contributed by atoms with Crippen molar-refractivity contribution in [3.05, 3.63) is 29.6 Å². The van der Waals surface area contributed by atoms with Gasteiger partial charge >= 0.3 is 6.18 Å². The SMILES string of the molecule is O=C(NCC(F)(F)F)c1ccc(C#CCO)cn1. The number of nitrogens with zero attached hydrogens (tertiary/aromatic N) is 1. The number of nitrogens with one attached hydrogen (secondary N) is 1. The third-order valence-corrected chi connectivity index (χ3v) is 1.76. The van der Waals surface area contributed by atoms with Gasteiger partial charge in [0.25, 0.3) is 5.91 Å². The lowest BCUT2D eigenvalue weighted by atomic mass is 10.2. The first-order chi connectivity index (χ1) is 8.42. The van der Waals surface area contributed by atoms with E-state index < -0.39 is 18.6 Å². The lowest BCUT2D eigenvalue weighted by molar-refractivity contribution is -0.123. The van der Waals surface area contributed by atoms with Crippen molar-refractivity contribution < 1.29 is 23.1 Å². The Bertz CT molecular complexity index is 472. The van der Waals surface area contributed by atoms with Crippen molar-refractivity contribution in [2.45, 2.75) is 6.18 Å². The number of halogens is 3. The lowest BCUT2D eigenvalue weighted by Crippen LogP contribution is -2.34. The van der Waals surface area contributed by atoms with E-state index in [0.29, 0.717) is 5.56 Å². The van der Waals surface area contributed by atoms with Gasteiger partial charge in [0.2, 0.25) is 0 Å². The summed E-state index contributed by atoms with van der Waals surface area (Å²) in [6.07, 6.45) is -3.21. The molecule has 0 aromatic carbocycles. The number of rotatable bonds is 2. The average molecular weight is 258 g/mol. The Morgan fingerprint density at radius 2 is 2.17 bits per heavy atom. The molecule has 0 bridgehead atoms. The van der Waals surface area contributed by atoms with Crippen LogP contribution >= 0.6 is 0 Å². The molecule has 0 unspecified atom stereocenters. The molecule has 1 aromatic rings. The summed E-state index contributed by atoms with van der Waals surface area (Å²) in [5.41, 5.74) is 0.324. The predicted octanol–water partition coefficient (Wildman–Crippen LogP) is 0.718. The van der Waals surface area contributed by atoms with Crippen LogP contribution in [0.15, 0.2) is 18.3 Å². The van der Waals surface area contributed by atoms with Gasteiger partial charge in [0, 0.05) is 11.8 Å². The quantitative estimate of drug-likeness (QED) is 0.768. The van der Waals surface area contributed by atoms with Crippen LogP contribution in [0.25, 0.3) is 0 Å². The number of carbonyl (C=O) groups excluding carboxylic acids is 1. The van der Waals surface area contributed by atoms with Gasteiger partial charge in [-0.05, 0) is 12.1 Å². The first-order valence-electron chi connectivity index (χ1n) is 4.83. The number of aromatic nitrogens is 1. The highest BCUT2D eigenvalue weighted by Crippen LogP contribution is 2.12. The van der Waals surface area contributed by atoms with E-state index in [1.807, 2.05) is 0 Å². The van der Waals surface area contributed by atoms with E-state index in [0.717, 1.165) is 0 Å². The molecule has 1 rings (SSSR count). The summed E-state index contributed by atoms with van der Waals surface area (Å²) in [5, 5.41) is 10.2. The van der Waals surface area contributed by atoms with Gasteiger partial charge in [-0.15, -0.1) is 0 Å². The summed E-state index contributed by atoms with van der Waals surface area (Å²) in [4.78, 5) is 14.9. The minimum Gasteiger partial charge on any atom is -0.384 e. The van der Waals surface area contributed by atoms with Crippen LogP contribution in [0.2, 0.25) is 0 Å². The fourth-order valence-electron chi connectivity index (χ4n) is 1.01. The predicted molar refractivity (Wildman–Crippen MR) is 56.6 cm³/mol. The normalized spacial score (nSPS) is 10.4. The van der Waals surface area contributed by atoms with Gasteiger partial charge in [0.05, 0.1) is 0 Å². The highest BCUT2D eigenvalue weighted by Gasteiger charge is 2.28. The van der Waals surface area contributed by atoms with E-state index in [4.69, 9.17) is 5.11 Å². The Morgan fingerprint density at radius 1 is 1.44 bits per heavy atom. The first kappa shape index (κ1) is 14.0. The fourth-order valence-corrected chi connectivity index (χ4v) is 1.01. The summed E-state index contributed by atoms with van der Waals surface area (Å²) >= 11 is 0. The number of alkyl halides is 3. The highest BCUT2D eigenvalue weighted by atomic mass is 19.4. The van der Waals surface area contributed by atoms with Crippen LogP contribution < -0.4 is 5.32 Å². The molecule has 1 aromatic heterocycles. The second-order valence-corrected chi connectivity index (χ2v) is 3.19. The minimum atomic E-state index is -4.46. The first-order valence-corrected chi connectivity index (χ1v) is 4.83. The topological polar surface area (TPSA) is 62.2 Å². The number of hydrogen-bond acceptors (Lipinski definition) is 3. The molecule has 0 saturated heterocycles. The Labute approximate surface area is 101 Å². The van der Waals surface area contributed by atoms with Crippen LogP contribution in [-0.2, 0) is 0 Å². The summed E-state index contributed by atoms with van der Waals surface area (Å²) in [6, 6.07) is 2.69. The van der Waals surface area contributed by atoms with Crippen molar-refractivity contribution in [3.8, 4) is 11.8 Å². The van der Waals surface area contributed by atoms with E-state index >= 15 is 0 Å². The van der Waals surface area contributed by atoms with Gasteiger partial charge in [-0.3, -0.25) is 4.79 Å². The van der Waals surface area contributed by atoms with Gasteiger partial charge in [-0.25, -0.2) is 4.98 Å². The molecule has 0 aliphatic rings. The zero-order chi connectivity index (χ0) is 13.6. The maximum Gasteiger partial charge on any atom is 0.405 e. The molecular weight excluding hydrogens is 249 g/mol. The Balaban J connectivity index is 2.65. The van der Waals surface area contributed by atoms with E-state index in [1.54, 1.807) is 5.32 Å². The van der Waals surface area contributed by atoms with Crippen molar-refractivity contribution in [2.75, 3.05) is 13.2 Å². The van der Waals surface area contributed by atoms with Crippen molar-refractivity contribution in [1.29, 1.82) is 0 Å². The average Bonchev–Trinajstić information content (AvgIpc) is 2.33. The van der Waals surface area contributed by atoms with E-state index in [1.165, 1.54) is 18.3 Å².